The maximum absolute atomic E-state index is 10.7. The number of aromatic nitrogens is 2. The average Bonchev–Trinajstić information content (AvgIpc) is 2.35. The molecule has 5 heteroatoms. The van der Waals surface area contributed by atoms with Gasteiger partial charge in [-0.15, -0.1) is 0 Å². The fourth-order valence-corrected chi connectivity index (χ4v) is 1.35. The summed E-state index contributed by atoms with van der Waals surface area (Å²) in [5, 5.41) is 3.92. The number of amides is 1. The number of hydrazone groups is 1. The van der Waals surface area contributed by atoms with E-state index in [0.717, 1.165) is 11.0 Å². The van der Waals surface area contributed by atoms with Crippen LogP contribution in [0.3, 0.4) is 0 Å². The summed E-state index contributed by atoms with van der Waals surface area (Å²) in [6.07, 6.45) is 1.64. The summed E-state index contributed by atoms with van der Waals surface area (Å²) in [7, 11) is 0. The third kappa shape index (κ3) is 2.63. The summed E-state index contributed by atoms with van der Waals surface area (Å²) in [6.45, 7) is 3.18. The molecule has 5 nitrogen and oxygen atoms in total. The lowest BCUT2D eigenvalue weighted by molar-refractivity contribution is -0.118. The summed E-state index contributed by atoms with van der Waals surface area (Å²) in [5.41, 5.74) is 5.29. The molecule has 1 aromatic heterocycles. The van der Waals surface area contributed by atoms with Crippen molar-refractivity contribution in [1.82, 2.24) is 15.4 Å². The van der Waals surface area contributed by atoms with Gasteiger partial charge in [-0.25, -0.2) is 10.4 Å². The molecule has 0 aliphatic carbocycles. The number of para-hydroxylation sites is 2. The van der Waals surface area contributed by atoms with Gasteiger partial charge in [0.05, 0.1) is 22.9 Å². The topological polar surface area (TPSA) is 67.2 Å². The zero-order valence-corrected chi connectivity index (χ0v) is 9.64. The maximum Gasteiger partial charge on any atom is 0.236 e. The summed E-state index contributed by atoms with van der Waals surface area (Å²) in [6, 6.07) is 7.60. The number of hydrogen-bond acceptors (Lipinski definition) is 4. The van der Waals surface area contributed by atoms with Gasteiger partial charge >= 0.3 is 0 Å². The Bertz CT molecular complexity index is 592. The molecule has 0 saturated carbocycles. The fourth-order valence-electron chi connectivity index (χ4n) is 1.35. The summed E-state index contributed by atoms with van der Waals surface area (Å²) in [4.78, 5) is 19.4. The van der Waals surface area contributed by atoms with Crippen molar-refractivity contribution in [1.29, 1.82) is 0 Å². The molecule has 0 saturated heterocycles. The Morgan fingerprint density at radius 2 is 1.94 bits per heavy atom. The summed E-state index contributed by atoms with van der Waals surface area (Å²) in [5.74, 6) is -0.210. The van der Waals surface area contributed by atoms with Crippen molar-refractivity contribution in [2.24, 2.45) is 5.10 Å². The van der Waals surface area contributed by atoms with Gasteiger partial charge in [0.1, 0.15) is 5.69 Å². The second kappa shape index (κ2) is 4.69. The highest BCUT2D eigenvalue weighted by Gasteiger charge is 2.02. The number of nitrogens with zero attached hydrogens (tertiary/aromatic N) is 3. The Kier molecular flexibility index (Phi) is 3.09. The minimum atomic E-state index is -0.210. The molecule has 0 aliphatic heterocycles. The SMILES string of the molecule is CC(=O)N/N=C(\C)c1cnc2ccccc2n1. The first kappa shape index (κ1) is 11.2. The van der Waals surface area contributed by atoms with E-state index in [1.165, 1.54) is 6.92 Å². The molecule has 1 N–H and O–H groups in total. The average molecular weight is 228 g/mol. The molecule has 1 aromatic carbocycles. The van der Waals surface area contributed by atoms with Crippen LogP contribution in [0.5, 0.6) is 0 Å². The third-order valence-corrected chi connectivity index (χ3v) is 2.20. The third-order valence-electron chi connectivity index (χ3n) is 2.20. The Morgan fingerprint density at radius 3 is 2.65 bits per heavy atom. The molecule has 17 heavy (non-hydrogen) atoms. The molecule has 0 bridgehead atoms. The second-order valence-corrected chi connectivity index (χ2v) is 3.61. The molecule has 0 radical (unpaired) electrons. The highest BCUT2D eigenvalue weighted by molar-refractivity contribution is 5.98. The van der Waals surface area contributed by atoms with Crippen molar-refractivity contribution in [2.45, 2.75) is 13.8 Å². The summed E-state index contributed by atoms with van der Waals surface area (Å²) < 4.78 is 0. The van der Waals surface area contributed by atoms with Gasteiger partial charge in [-0.1, -0.05) is 12.1 Å². The van der Waals surface area contributed by atoms with Crippen LogP contribution >= 0.6 is 0 Å². The summed E-state index contributed by atoms with van der Waals surface area (Å²) >= 11 is 0. The van der Waals surface area contributed by atoms with Gasteiger partial charge in [0, 0.05) is 6.92 Å². The van der Waals surface area contributed by atoms with Gasteiger partial charge < -0.3 is 0 Å². The van der Waals surface area contributed by atoms with Gasteiger partial charge in [-0.3, -0.25) is 9.78 Å². The zero-order chi connectivity index (χ0) is 12.3. The van der Waals surface area contributed by atoms with Gasteiger partial charge in [-0.05, 0) is 19.1 Å². The van der Waals surface area contributed by atoms with Gasteiger partial charge in [0.15, 0.2) is 0 Å². The standard InChI is InChI=1S/C12H12N4O/c1-8(15-16-9(2)17)12-7-13-10-5-3-4-6-11(10)14-12/h3-7H,1-2H3,(H,16,17)/b15-8+. The van der Waals surface area contributed by atoms with Crippen LogP contribution in [0.15, 0.2) is 35.6 Å². The predicted octanol–water partition coefficient (Wildman–Crippen LogP) is 1.49. The van der Waals surface area contributed by atoms with Crippen molar-refractivity contribution in [3.05, 3.63) is 36.2 Å². The van der Waals surface area contributed by atoms with E-state index in [2.05, 4.69) is 20.5 Å². The number of hydrogen-bond donors (Lipinski definition) is 1. The molecule has 0 atom stereocenters. The van der Waals surface area contributed by atoms with E-state index in [4.69, 9.17) is 0 Å². The highest BCUT2D eigenvalue weighted by atomic mass is 16.2. The highest BCUT2D eigenvalue weighted by Crippen LogP contribution is 2.08. The molecule has 1 amide bonds. The number of carbonyl (C=O) groups excluding carboxylic acids is 1. The first-order valence-electron chi connectivity index (χ1n) is 5.20. The van der Waals surface area contributed by atoms with Crippen LogP contribution in [0.2, 0.25) is 0 Å². The maximum atomic E-state index is 10.7. The molecule has 0 unspecified atom stereocenters. The number of benzene rings is 1. The first-order valence-corrected chi connectivity index (χ1v) is 5.20. The van der Waals surface area contributed by atoms with E-state index in [1.807, 2.05) is 24.3 Å². The molecule has 0 spiro atoms. The number of carbonyl (C=O) groups is 1. The second-order valence-electron chi connectivity index (χ2n) is 3.61. The Labute approximate surface area is 98.6 Å². The Hall–Kier alpha value is -2.30. The first-order chi connectivity index (χ1) is 8.16. The number of fused-ring (bicyclic) bond motifs is 1. The van der Waals surface area contributed by atoms with Crippen molar-refractivity contribution >= 4 is 22.7 Å². The van der Waals surface area contributed by atoms with Crippen LogP contribution < -0.4 is 5.43 Å². The smallest absolute Gasteiger partial charge is 0.236 e. The van der Waals surface area contributed by atoms with E-state index < -0.39 is 0 Å². The molecule has 2 aromatic rings. The number of nitrogens with one attached hydrogen (secondary N) is 1. The van der Waals surface area contributed by atoms with Crippen LogP contribution in [0, 0.1) is 0 Å². The van der Waals surface area contributed by atoms with Crippen LogP contribution in [0.25, 0.3) is 11.0 Å². The largest absolute Gasteiger partial charge is 0.274 e. The lowest BCUT2D eigenvalue weighted by atomic mass is 10.2. The molecule has 0 fully saturated rings. The minimum absolute atomic E-state index is 0.210. The van der Waals surface area contributed by atoms with Crippen LogP contribution in [0.1, 0.15) is 19.5 Å². The normalized spacial score (nSPS) is 11.5. The van der Waals surface area contributed by atoms with E-state index >= 15 is 0 Å². The zero-order valence-electron chi connectivity index (χ0n) is 9.64. The van der Waals surface area contributed by atoms with Gasteiger partial charge in [0.25, 0.3) is 0 Å². The lowest BCUT2D eigenvalue weighted by Crippen LogP contribution is -2.15. The van der Waals surface area contributed by atoms with E-state index in [-0.39, 0.29) is 5.91 Å². The molecule has 0 aliphatic rings. The Balaban J connectivity index is 2.36. The lowest BCUT2D eigenvalue weighted by Gasteiger charge is -2.01. The van der Waals surface area contributed by atoms with Gasteiger partial charge in [0.2, 0.25) is 5.91 Å². The van der Waals surface area contributed by atoms with Crippen LogP contribution in [-0.4, -0.2) is 21.6 Å². The Morgan fingerprint density at radius 1 is 1.24 bits per heavy atom. The van der Waals surface area contributed by atoms with Gasteiger partial charge in [-0.2, -0.15) is 5.10 Å². The van der Waals surface area contributed by atoms with E-state index in [9.17, 15) is 4.79 Å². The monoisotopic (exact) mass is 228 g/mol. The predicted molar refractivity (Wildman–Crippen MR) is 65.6 cm³/mol. The quantitative estimate of drug-likeness (QED) is 0.625. The van der Waals surface area contributed by atoms with Crippen LogP contribution in [0.4, 0.5) is 0 Å². The fraction of sp³-hybridized carbons (Fsp3) is 0.167. The molecular formula is C12H12N4O. The van der Waals surface area contributed by atoms with Crippen molar-refractivity contribution in [3.8, 4) is 0 Å². The molecule has 86 valence electrons. The van der Waals surface area contributed by atoms with Crippen molar-refractivity contribution in [2.75, 3.05) is 0 Å². The molecule has 1 heterocycles. The van der Waals surface area contributed by atoms with E-state index in [0.29, 0.717) is 11.4 Å². The molecule has 2 rings (SSSR count). The van der Waals surface area contributed by atoms with Crippen molar-refractivity contribution < 1.29 is 4.79 Å². The van der Waals surface area contributed by atoms with Crippen molar-refractivity contribution in [3.63, 3.8) is 0 Å². The van der Waals surface area contributed by atoms with Crippen LogP contribution in [-0.2, 0) is 4.79 Å². The minimum Gasteiger partial charge on any atom is -0.274 e. The number of rotatable bonds is 2. The molecular weight excluding hydrogens is 216 g/mol. The van der Waals surface area contributed by atoms with E-state index in [1.54, 1.807) is 13.1 Å².